The van der Waals surface area contributed by atoms with Crippen molar-refractivity contribution in [1.82, 2.24) is 15.0 Å². The lowest BCUT2D eigenvalue weighted by molar-refractivity contribution is 0.0547. The smallest absolute Gasteiger partial charge is 0.323 e. The van der Waals surface area contributed by atoms with Crippen LogP contribution in [-0.2, 0) is 28.9 Å². The standard InChI is InChI=1S/C28H40N6O3/c1-2-3-17-37-28-33-26(30-16-19-36-21-20-35-18-15-29)32-27(34-28)31-22-25-12-8-7-11-24(25)14-13-23-9-5-4-6-10-23/h4-12H,2-3,13-22,29H2,1H3,(H2,30,31,32,33,34). The van der Waals surface area contributed by atoms with E-state index in [0.717, 1.165) is 25.7 Å². The molecule has 200 valence electrons. The molecule has 3 aromatic rings. The third kappa shape index (κ3) is 11.1. The fourth-order valence-corrected chi connectivity index (χ4v) is 3.60. The van der Waals surface area contributed by atoms with Gasteiger partial charge in [-0.05, 0) is 36.0 Å². The van der Waals surface area contributed by atoms with Crippen molar-refractivity contribution in [3.05, 3.63) is 71.3 Å². The molecule has 9 nitrogen and oxygen atoms in total. The molecule has 0 saturated heterocycles. The molecule has 0 fully saturated rings. The van der Waals surface area contributed by atoms with E-state index in [1.165, 1.54) is 16.7 Å². The fourth-order valence-electron chi connectivity index (χ4n) is 3.60. The van der Waals surface area contributed by atoms with E-state index in [1.807, 2.05) is 6.07 Å². The summed E-state index contributed by atoms with van der Waals surface area (Å²) in [4.78, 5) is 13.4. The Kier molecular flexibility index (Phi) is 13.2. The van der Waals surface area contributed by atoms with Gasteiger partial charge >= 0.3 is 6.01 Å². The van der Waals surface area contributed by atoms with Crippen molar-refractivity contribution < 1.29 is 14.2 Å². The van der Waals surface area contributed by atoms with Crippen LogP contribution in [0.1, 0.15) is 36.5 Å². The van der Waals surface area contributed by atoms with Gasteiger partial charge in [-0.25, -0.2) is 0 Å². The number of aryl methyl sites for hydroxylation is 2. The molecule has 1 aromatic heterocycles. The number of ether oxygens (including phenoxy) is 3. The molecule has 3 rings (SSSR count). The zero-order valence-corrected chi connectivity index (χ0v) is 21.8. The number of nitrogens with zero attached hydrogens (tertiary/aromatic N) is 3. The van der Waals surface area contributed by atoms with Crippen LogP contribution >= 0.6 is 0 Å². The van der Waals surface area contributed by atoms with E-state index in [4.69, 9.17) is 19.9 Å². The van der Waals surface area contributed by atoms with Crippen molar-refractivity contribution in [2.45, 2.75) is 39.2 Å². The van der Waals surface area contributed by atoms with Gasteiger partial charge in [-0.3, -0.25) is 0 Å². The third-order valence-corrected chi connectivity index (χ3v) is 5.59. The summed E-state index contributed by atoms with van der Waals surface area (Å²) in [5.41, 5.74) is 9.26. The highest BCUT2D eigenvalue weighted by molar-refractivity contribution is 5.38. The van der Waals surface area contributed by atoms with Gasteiger partial charge in [-0.15, -0.1) is 0 Å². The van der Waals surface area contributed by atoms with Crippen molar-refractivity contribution in [3.8, 4) is 6.01 Å². The summed E-state index contributed by atoms with van der Waals surface area (Å²) in [5, 5.41) is 6.56. The minimum atomic E-state index is 0.307. The number of unbranched alkanes of at least 4 members (excludes halogenated alkanes) is 1. The summed E-state index contributed by atoms with van der Waals surface area (Å²) in [6.45, 7) is 6.44. The van der Waals surface area contributed by atoms with Crippen LogP contribution in [0.4, 0.5) is 11.9 Å². The monoisotopic (exact) mass is 508 g/mol. The van der Waals surface area contributed by atoms with Crippen LogP contribution in [-0.4, -0.2) is 61.1 Å². The fraction of sp³-hybridized carbons (Fsp3) is 0.464. The summed E-state index contributed by atoms with van der Waals surface area (Å²) >= 11 is 0. The molecular formula is C28H40N6O3. The molecule has 0 aliphatic heterocycles. The Hall–Kier alpha value is -3.27. The van der Waals surface area contributed by atoms with E-state index < -0.39 is 0 Å². The number of hydrogen-bond acceptors (Lipinski definition) is 9. The molecule has 1 heterocycles. The second-order valence-corrected chi connectivity index (χ2v) is 8.52. The van der Waals surface area contributed by atoms with E-state index in [0.29, 0.717) is 70.6 Å². The highest BCUT2D eigenvalue weighted by Gasteiger charge is 2.09. The molecule has 0 bridgehead atoms. The maximum atomic E-state index is 5.77. The first-order valence-corrected chi connectivity index (χ1v) is 13.1. The number of nitrogens with two attached hydrogens (primary N) is 1. The van der Waals surface area contributed by atoms with Gasteiger partial charge in [-0.1, -0.05) is 67.9 Å². The second kappa shape index (κ2) is 17.2. The lowest BCUT2D eigenvalue weighted by Crippen LogP contribution is -2.17. The van der Waals surface area contributed by atoms with Crippen molar-refractivity contribution in [2.75, 3.05) is 56.8 Å². The average molecular weight is 509 g/mol. The van der Waals surface area contributed by atoms with Crippen LogP contribution in [0.3, 0.4) is 0 Å². The predicted molar refractivity (Wildman–Crippen MR) is 147 cm³/mol. The number of hydrogen-bond donors (Lipinski definition) is 3. The zero-order chi connectivity index (χ0) is 26.0. The van der Waals surface area contributed by atoms with Crippen LogP contribution in [0.15, 0.2) is 54.6 Å². The highest BCUT2D eigenvalue weighted by atomic mass is 16.5. The van der Waals surface area contributed by atoms with Gasteiger partial charge in [0.25, 0.3) is 0 Å². The molecule has 0 unspecified atom stereocenters. The molecule has 4 N–H and O–H groups in total. The van der Waals surface area contributed by atoms with Gasteiger partial charge in [0, 0.05) is 19.6 Å². The van der Waals surface area contributed by atoms with Crippen LogP contribution in [0.5, 0.6) is 6.01 Å². The lowest BCUT2D eigenvalue weighted by Gasteiger charge is -2.13. The molecule has 0 aliphatic carbocycles. The van der Waals surface area contributed by atoms with E-state index in [2.05, 4.69) is 81.0 Å². The van der Waals surface area contributed by atoms with Crippen LogP contribution in [0.2, 0.25) is 0 Å². The lowest BCUT2D eigenvalue weighted by atomic mass is 10.00. The third-order valence-electron chi connectivity index (χ3n) is 5.59. The normalized spacial score (nSPS) is 10.9. The van der Waals surface area contributed by atoms with Gasteiger partial charge in [0.1, 0.15) is 0 Å². The van der Waals surface area contributed by atoms with Crippen molar-refractivity contribution in [1.29, 1.82) is 0 Å². The number of benzene rings is 2. The quantitative estimate of drug-likeness (QED) is 0.208. The number of rotatable bonds is 19. The van der Waals surface area contributed by atoms with Gasteiger partial charge in [-0.2, -0.15) is 15.0 Å². The first-order valence-electron chi connectivity index (χ1n) is 13.1. The molecule has 0 spiro atoms. The molecule has 0 atom stereocenters. The largest absolute Gasteiger partial charge is 0.463 e. The summed E-state index contributed by atoms with van der Waals surface area (Å²) in [7, 11) is 0. The van der Waals surface area contributed by atoms with Crippen molar-refractivity contribution in [3.63, 3.8) is 0 Å². The van der Waals surface area contributed by atoms with Gasteiger partial charge in [0.05, 0.1) is 33.0 Å². The SMILES string of the molecule is CCCCOc1nc(NCCOCCOCCN)nc(NCc2ccccc2CCc2ccccc2)n1. The first kappa shape index (κ1) is 28.3. The Morgan fingerprint density at radius 3 is 2.19 bits per heavy atom. The number of aromatic nitrogens is 3. The Morgan fingerprint density at radius 1 is 0.730 bits per heavy atom. The first-order chi connectivity index (χ1) is 18.3. The van der Waals surface area contributed by atoms with Gasteiger partial charge in [0.15, 0.2) is 0 Å². The molecule has 2 aromatic carbocycles. The summed E-state index contributed by atoms with van der Waals surface area (Å²) < 4.78 is 16.6. The molecule has 37 heavy (non-hydrogen) atoms. The average Bonchev–Trinajstić information content (AvgIpc) is 2.93. The highest BCUT2D eigenvalue weighted by Crippen LogP contribution is 2.16. The molecular weight excluding hydrogens is 468 g/mol. The second-order valence-electron chi connectivity index (χ2n) is 8.52. The maximum Gasteiger partial charge on any atom is 0.323 e. The molecule has 0 saturated carbocycles. The van der Waals surface area contributed by atoms with Crippen molar-refractivity contribution >= 4 is 11.9 Å². The topological polar surface area (TPSA) is 116 Å². The van der Waals surface area contributed by atoms with E-state index in [-0.39, 0.29) is 0 Å². The van der Waals surface area contributed by atoms with E-state index >= 15 is 0 Å². The number of nitrogens with one attached hydrogen (secondary N) is 2. The molecule has 0 radical (unpaired) electrons. The molecule has 0 amide bonds. The molecule has 0 aliphatic rings. The minimum Gasteiger partial charge on any atom is -0.463 e. The van der Waals surface area contributed by atoms with Crippen LogP contribution in [0, 0.1) is 0 Å². The zero-order valence-electron chi connectivity index (χ0n) is 21.8. The van der Waals surface area contributed by atoms with E-state index in [1.54, 1.807) is 0 Å². The van der Waals surface area contributed by atoms with Crippen LogP contribution in [0.25, 0.3) is 0 Å². The number of anilines is 2. The summed E-state index contributed by atoms with van der Waals surface area (Å²) in [6, 6.07) is 19.3. The van der Waals surface area contributed by atoms with Crippen molar-refractivity contribution in [2.24, 2.45) is 5.73 Å². The Labute approximate surface area is 220 Å². The Morgan fingerprint density at radius 2 is 1.43 bits per heavy atom. The van der Waals surface area contributed by atoms with Gasteiger partial charge in [0.2, 0.25) is 11.9 Å². The van der Waals surface area contributed by atoms with Gasteiger partial charge < -0.3 is 30.6 Å². The molecule has 9 heteroatoms. The summed E-state index contributed by atoms with van der Waals surface area (Å²) in [5.74, 6) is 0.919. The minimum absolute atomic E-state index is 0.307. The predicted octanol–water partition coefficient (Wildman–Crippen LogP) is 3.85. The summed E-state index contributed by atoms with van der Waals surface area (Å²) in [6.07, 6.45) is 3.93. The maximum absolute atomic E-state index is 5.77. The van der Waals surface area contributed by atoms with Crippen LogP contribution < -0.4 is 21.1 Å². The Bertz CT molecular complexity index is 1020. The van der Waals surface area contributed by atoms with E-state index in [9.17, 15) is 0 Å². The Balaban J connectivity index is 1.57.